The highest BCUT2D eigenvalue weighted by Gasteiger charge is 2.23. The lowest BCUT2D eigenvalue weighted by molar-refractivity contribution is -0.132. The SMILES string of the molecule is CC(C)(C)c1ccc(C2=C(C(=O)O)CCCn3cccc32)cc1. The summed E-state index contributed by atoms with van der Waals surface area (Å²) in [4.78, 5) is 11.8. The Morgan fingerprint density at radius 3 is 2.43 bits per heavy atom. The predicted molar refractivity (Wildman–Crippen MR) is 92.5 cm³/mol. The zero-order chi connectivity index (χ0) is 16.6. The highest BCUT2D eigenvalue weighted by molar-refractivity contribution is 6.00. The Kier molecular flexibility index (Phi) is 3.88. The fourth-order valence-corrected chi connectivity index (χ4v) is 3.21. The van der Waals surface area contributed by atoms with Gasteiger partial charge in [0, 0.05) is 29.6 Å². The summed E-state index contributed by atoms with van der Waals surface area (Å²) in [6, 6.07) is 12.3. The molecule has 120 valence electrons. The van der Waals surface area contributed by atoms with Crippen molar-refractivity contribution in [1.82, 2.24) is 4.57 Å². The maximum atomic E-state index is 11.8. The summed E-state index contributed by atoms with van der Waals surface area (Å²) in [6.07, 6.45) is 3.49. The molecular formula is C20H23NO2. The molecule has 0 fully saturated rings. The summed E-state index contributed by atoms with van der Waals surface area (Å²) < 4.78 is 2.16. The van der Waals surface area contributed by atoms with E-state index in [9.17, 15) is 9.90 Å². The minimum atomic E-state index is -0.811. The van der Waals surface area contributed by atoms with Crippen molar-refractivity contribution in [2.45, 2.75) is 45.6 Å². The number of carboxylic acid groups (broad SMARTS) is 1. The lowest BCUT2D eigenvalue weighted by atomic mass is 9.85. The van der Waals surface area contributed by atoms with Crippen molar-refractivity contribution in [2.75, 3.05) is 0 Å². The van der Waals surface area contributed by atoms with Gasteiger partial charge >= 0.3 is 5.97 Å². The van der Waals surface area contributed by atoms with E-state index in [-0.39, 0.29) is 5.41 Å². The molecule has 0 radical (unpaired) electrons. The third-order valence-electron chi connectivity index (χ3n) is 4.51. The summed E-state index contributed by atoms with van der Waals surface area (Å²) in [7, 11) is 0. The number of carbonyl (C=O) groups is 1. The average molecular weight is 309 g/mol. The zero-order valence-electron chi connectivity index (χ0n) is 14.0. The van der Waals surface area contributed by atoms with Crippen molar-refractivity contribution in [1.29, 1.82) is 0 Å². The first-order valence-electron chi connectivity index (χ1n) is 8.11. The van der Waals surface area contributed by atoms with Crippen LogP contribution < -0.4 is 0 Å². The molecule has 0 aliphatic carbocycles. The minimum absolute atomic E-state index is 0.0895. The van der Waals surface area contributed by atoms with Crippen LogP contribution in [0.4, 0.5) is 0 Å². The molecule has 0 saturated carbocycles. The number of hydrogen-bond acceptors (Lipinski definition) is 1. The molecule has 0 saturated heterocycles. The van der Waals surface area contributed by atoms with E-state index in [0.717, 1.165) is 29.8 Å². The first kappa shape index (κ1) is 15.6. The second-order valence-corrected chi connectivity index (χ2v) is 7.18. The summed E-state index contributed by atoms with van der Waals surface area (Å²) in [5, 5.41) is 9.67. The molecule has 3 nitrogen and oxygen atoms in total. The number of benzene rings is 1. The highest BCUT2D eigenvalue weighted by atomic mass is 16.4. The van der Waals surface area contributed by atoms with Gasteiger partial charge in [-0.25, -0.2) is 4.79 Å². The molecule has 1 aliphatic rings. The van der Waals surface area contributed by atoms with Gasteiger partial charge in [-0.2, -0.15) is 0 Å². The van der Waals surface area contributed by atoms with Crippen LogP contribution in [-0.2, 0) is 16.8 Å². The molecule has 23 heavy (non-hydrogen) atoms. The molecule has 3 rings (SSSR count). The number of aliphatic carboxylic acids is 1. The monoisotopic (exact) mass is 309 g/mol. The van der Waals surface area contributed by atoms with Crippen LogP contribution in [0, 0.1) is 0 Å². The molecule has 3 heteroatoms. The van der Waals surface area contributed by atoms with Crippen LogP contribution in [0.1, 0.15) is 50.4 Å². The first-order valence-corrected chi connectivity index (χ1v) is 8.11. The van der Waals surface area contributed by atoms with Gasteiger partial charge in [-0.3, -0.25) is 0 Å². The average Bonchev–Trinajstić information content (AvgIpc) is 2.86. The van der Waals surface area contributed by atoms with Crippen LogP contribution in [-0.4, -0.2) is 15.6 Å². The molecule has 1 N–H and O–H groups in total. The van der Waals surface area contributed by atoms with E-state index in [2.05, 4.69) is 49.6 Å². The molecule has 0 bridgehead atoms. The third-order valence-corrected chi connectivity index (χ3v) is 4.51. The Hall–Kier alpha value is -2.29. The van der Waals surface area contributed by atoms with Gasteiger partial charge < -0.3 is 9.67 Å². The van der Waals surface area contributed by atoms with Crippen LogP contribution in [0.3, 0.4) is 0 Å². The number of rotatable bonds is 2. The van der Waals surface area contributed by atoms with Gasteiger partial charge in [0.15, 0.2) is 0 Å². The van der Waals surface area contributed by atoms with Crippen LogP contribution in [0.25, 0.3) is 5.57 Å². The van der Waals surface area contributed by atoms with Crippen molar-refractivity contribution in [3.8, 4) is 0 Å². The molecule has 0 unspecified atom stereocenters. The van der Waals surface area contributed by atoms with E-state index in [4.69, 9.17) is 0 Å². The van der Waals surface area contributed by atoms with Crippen LogP contribution in [0.2, 0.25) is 0 Å². The highest BCUT2D eigenvalue weighted by Crippen LogP contribution is 2.33. The van der Waals surface area contributed by atoms with Gasteiger partial charge in [0.25, 0.3) is 0 Å². The van der Waals surface area contributed by atoms with Gasteiger partial charge in [-0.05, 0) is 41.5 Å². The normalized spacial score (nSPS) is 15.3. The quantitative estimate of drug-likeness (QED) is 0.889. The van der Waals surface area contributed by atoms with E-state index in [1.54, 1.807) is 0 Å². The van der Waals surface area contributed by atoms with Crippen molar-refractivity contribution >= 4 is 11.5 Å². The fraction of sp³-hybridized carbons (Fsp3) is 0.350. The molecule has 2 aromatic rings. The lowest BCUT2D eigenvalue weighted by Crippen LogP contribution is -2.11. The van der Waals surface area contributed by atoms with Gasteiger partial charge in [-0.15, -0.1) is 0 Å². The lowest BCUT2D eigenvalue weighted by Gasteiger charge is -2.20. The number of aromatic nitrogens is 1. The third kappa shape index (κ3) is 2.96. The van der Waals surface area contributed by atoms with Crippen LogP contribution >= 0.6 is 0 Å². The second-order valence-electron chi connectivity index (χ2n) is 7.18. The number of hydrogen-bond donors (Lipinski definition) is 1. The molecule has 0 amide bonds. The maximum Gasteiger partial charge on any atom is 0.332 e. The fourth-order valence-electron chi connectivity index (χ4n) is 3.21. The van der Waals surface area contributed by atoms with Crippen LogP contribution in [0.5, 0.6) is 0 Å². The molecule has 0 spiro atoms. The Labute approximate surface area is 137 Å². The predicted octanol–water partition coefficient (Wildman–Crippen LogP) is 4.47. The number of fused-ring (bicyclic) bond motifs is 1. The van der Waals surface area contributed by atoms with E-state index >= 15 is 0 Å². The summed E-state index contributed by atoms with van der Waals surface area (Å²) in [5.41, 5.74) is 4.71. The standard InChI is InChI=1S/C20H23NO2/c1-20(2,3)15-10-8-14(9-11-15)18-16(19(22)23)6-4-12-21-13-5-7-17(18)21/h5,7-11,13H,4,6,12H2,1-3H3,(H,22,23). The first-order chi connectivity index (χ1) is 10.9. The Morgan fingerprint density at radius 1 is 1.13 bits per heavy atom. The Bertz CT molecular complexity index is 758. The number of nitrogens with zero attached hydrogens (tertiary/aromatic N) is 1. The molecule has 2 heterocycles. The van der Waals surface area contributed by atoms with Crippen molar-refractivity contribution in [3.05, 3.63) is 65.0 Å². The smallest absolute Gasteiger partial charge is 0.332 e. The zero-order valence-corrected chi connectivity index (χ0v) is 14.0. The summed E-state index contributed by atoms with van der Waals surface area (Å²) >= 11 is 0. The van der Waals surface area contributed by atoms with Gasteiger partial charge in [-0.1, -0.05) is 45.0 Å². The Morgan fingerprint density at radius 2 is 1.83 bits per heavy atom. The number of carboxylic acids is 1. The molecule has 1 aliphatic heterocycles. The van der Waals surface area contributed by atoms with Crippen LogP contribution in [0.15, 0.2) is 48.2 Å². The minimum Gasteiger partial charge on any atom is -0.478 e. The maximum absolute atomic E-state index is 11.8. The number of aryl methyl sites for hydroxylation is 1. The van der Waals surface area contributed by atoms with Gasteiger partial charge in [0.05, 0.1) is 0 Å². The van der Waals surface area contributed by atoms with E-state index < -0.39 is 5.97 Å². The Balaban J connectivity index is 2.16. The largest absolute Gasteiger partial charge is 0.478 e. The van der Waals surface area contributed by atoms with E-state index in [0.29, 0.717) is 12.0 Å². The topological polar surface area (TPSA) is 42.2 Å². The molecule has 1 aromatic carbocycles. The molecule has 1 aromatic heterocycles. The van der Waals surface area contributed by atoms with Crippen molar-refractivity contribution in [2.24, 2.45) is 0 Å². The van der Waals surface area contributed by atoms with E-state index in [1.165, 1.54) is 5.56 Å². The summed E-state index contributed by atoms with van der Waals surface area (Å²) in [5.74, 6) is -0.811. The van der Waals surface area contributed by atoms with Crippen molar-refractivity contribution in [3.63, 3.8) is 0 Å². The van der Waals surface area contributed by atoms with Crippen molar-refractivity contribution < 1.29 is 9.90 Å². The summed E-state index contributed by atoms with van der Waals surface area (Å²) in [6.45, 7) is 7.41. The molecule has 0 atom stereocenters. The molecular weight excluding hydrogens is 286 g/mol. The van der Waals surface area contributed by atoms with Gasteiger partial charge in [0.1, 0.15) is 0 Å². The second kappa shape index (κ2) is 5.73. The van der Waals surface area contributed by atoms with E-state index in [1.807, 2.05) is 18.3 Å². The van der Waals surface area contributed by atoms with Gasteiger partial charge in [0.2, 0.25) is 0 Å².